The van der Waals surface area contributed by atoms with Gasteiger partial charge in [-0.15, -0.1) is 0 Å². The first kappa shape index (κ1) is 27.7. The number of carbonyl (C=O) groups excluding carboxylic acids is 2. The summed E-state index contributed by atoms with van der Waals surface area (Å²) in [6.45, 7) is 1.90. The molecule has 0 unspecified atom stereocenters. The molecule has 39 heavy (non-hydrogen) atoms. The summed E-state index contributed by atoms with van der Waals surface area (Å²) in [7, 11) is -2.71. The monoisotopic (exact) mass is 570 g/mol. The van der Waals surface area contributed by atoms with Gasteiger partial charge in [0.25, 0.3) is 16.8 Å². The first-order valence-corrected chi connectivity index (χ1v) is 13.7. The molecular formula is C26H22N2O9S2. The number of amides is 2. The van der Waals surface area contributed by atoms with Gasteiger partial charge in [-0.3, -0.25) is 24.6 Å². The summed E-state index contributed by atoms with van der Waals surface area (Å²) in [5.74, 6) is 0.0544. The number of methoxy groups -OCH3 is 1. The number of benzene rings is 3. The first-order valence-electron chi connectivity index (χ1n) is 11.5. The van der Waals surface area contributed by atoms with Crippen molar-refractivity contribution < 1.29 is 36.6 Å². The van der Waals surface area contributed by atoms with Crippen LogP contribution in [0, 0.1) is 10.1 Å². The van der Waals surface area contributed by atoms with Crippen LogP contribution in [0.1, 0.15) is 18.1 Å². The Morgan fingerprint density at radius 1 is 1.00 bits per heavy atom. The lowest BCUT2D eigenvalue weighted by molar-refractivity contribution is -0.384. The number of carbonyl (C=O) groups is 2. The van der Waals surface area contributed by atoms with Crippen molar-refractivity contribution in [1.82, 2.24) is 4.90 Å². The number of nitrogens with zero attached hydrogens (tertiary/aromatic N) is 2. The maximum atomic E-state index is 12.9. The SMILES string of the molecule is CCOc1cc(/C=C2\SC(=O)N(Cc3ccc([N+](=O)[O-])cc3)C2=O)ccc1OS(=O)(=O)c1ccc(OC)cc1. The zero-order valence-corrected chi connectivity index (χ0v) is 22.4. The fraction of sp³-hybridized carbons (Fsp3) is 0.154. The number of nitro benzene ring substituents is 1. The van der Waals surface area contributed by atoms with Gasteiger partial charge in [-0.05, 0) is 72.3 Å². The van der Waals surface area contributed by atoms with Crippen LogP contribution in [0.15, 0.2) is 76.5 Å². The Hall–Kier alpha value is -4.36. The summed E-state index contributed by atoms with van der Waals surface area (Å²) in [4.78, 5) is 36.9. The van der Waals surface area contributed by atoms with Crippen molar-refractivity contribution in [2.45, 2.75) is 18.4 Å². The number of hydrogen-bond acceptors (Lipinski definition) is 10. The van der Waals surface area contributed by atoms with E-state index in [0.717, 1.165) is 16.7 Å². The molecule has 3 aromatic rings. The number of thioether (sulfide) groups is 1. The molecule has 2 amide bonds. The van der Waals surface area contributed by atoms with E-state index in [0.29, 0.717) is 16.9 Å². The summed E-state index contributed by atoms with van der Waals surface area (Å²) in [5.41, 5.74) is 0.943. The summed E-state index contributed by atoms with van der Waals surface area (Å²) in [5, 5.41) is 10.4. The highest BCUT2D eigenvalue weighted by Crippen LogP contribution is 2.36. The summed E-state index contributed by atoms with van der Waals surface area (Å²) in [6.07, 6.45) is 1.49. The number of hydrogen-bond donors (Lipinski definition) is 0. The van der Waals surface area contributed by atoms with Gasteiger partial charge >= 0.3 is 10.1 Å². The van der Waals surface area contributed by atoms with Crippen molar-refractivity contribution in [2.24, 2.45) is 0 Å². The molecule has 13 heteroatoms. The predicted molar refractivity (Wildman–Crippen MR) is 143 cm³/mol. The second-order valence-corrected chi connectivity index (χ2v) is 10.6. The Bertz CT molecular complexity index is 1550. The predicted octanol–water partition coefficient (Wildman–Crippen LogP) is 5.01. The maximum Gasteiger partial charge on any atom is 0.339 e. The number of imide groups is 1. The van der Waals surface area contributed by atoms with Crippen LogP contribution >= 0.6 is 11.8 Å². The maximum absolute atomic E-state index is 12.9. The minimum Gasteiger partial charge on any atom is -0.497 e. The molecule has 0 saturated carbocycles. The van der Waals surface area contributed by atoms with Gasteiger partial charge < -0.3 is 13.7 Å². The van der Waals surface area contributed by atoms with Gasteiger partial charge in [-0.25, -0.2) is 0 Å². The lowest BCUT2D eigenvalue weighted by Gasteiger charge is -2.13. The van der Waals surface area contributed by atoms with Gasteiger partial charge in [0.05, 0.1) is 30.1 Å². The summed E-state index contributed by atoms with van der Waals surface area (Å²) >= 11 is 0.750. The van der Waals surface area contributed by atoms with Crippen LogP contribution in [0.5, 0.6) is 17.2 Å². The molecule has 11 nitrogen and oxygen atoms in total. The highest BCUT2D eigenvalue weighted by Gasteiger charge is 2.35. The van der Waals surface area contributed by atoms with Crippen molar-refractivity contribution >= 4 is 44.8 Å². The van der Waals surface area contributed by atoms with Crippen molar-refractivity contribution in [3.05, 3.63) is 92.9 Å². The van der Waals surface area contributed by atoms with Gasteiger partial charge in [0.1, 0.15) is 10.6 Å². The molecule has 4 rings (SSSR count). The van der Waals surface area contributed by atoms with Crippen LogP contribution in [0.25, 0.3) is 6.08 Å². The van der Waals surface area contributed by atoms with Crippen LogP contribution in [-0.4, -0.2) is 43.1 Å². The first-order chi connectivity index (χ1) is 18.6. The topological polar surface area (TPSA) is 142 Å². The van der Waals surface area contributed by atoms with Gasteiger partial charge in [0.2, 0.25) is 0 Å². The second-order valence-electron chi connectivity index (χ2n) is 8.04. The molecule has 1 heterocycles. The molecule has 0 radical (unpaired) electrons. The molecule has 202 valence electrons. The third kappa shape index (κ3) is 6.38. The van der Waals surface area contributed by atoms with E-state index in [4.69, 9.17) is 13.7 Å². The Kier molecular flexibility index (Phi) is 8.21. The molecule has 0 aromatic heterocycles. The Morgan fingerprint density at radius 3 is 2.31 bits per heavy atom. The van der Waals surface area contributed by atoms with Gasteiger partial charge in [0, 0.05) is 12.1 Å². The molecular weight excluding hydrogens is 548 g/mol. The molecule has 3 aromatic carbocycles. The van der Waals surface area contributed by atoms with E-state index >= 15 is 0 Å². The molecule has 0 spiro atoms. The number of ether oxygens (including phenoxy) is 2. The average Bonchev–Trinajstić information content (AvgIpc) is 3.17. The van der Waals surface area contributed by atoms with Crippen molar-refractivity contribution in [3.63, 3.8) is 0 Å². The normalized spacial score (nSPS) is 14.5. The van der Waals surface area contributed by atoms with Crippen molar-refractivity contribution in [2.75, 3.05) is 13.7 Å². The van der Waals surface area contributed by atoms with Gasteiger partial charge in [0.15, 0.2) is 11.5 Å². The summed E-state index contributed by atoms with van der Waals surface area (Å²) in [6, 6.07) is 15.7. The fourth-order valence-corrected chi connectivity index (χ4v) is 5.33. The molecule has 0 N–H and O–H groups in total. The lowest BCUT2D eigenvalue weighted by Crippen LogP contribution is -2.27. The second kappa shape index (κ2) is 11.6. The molecule has 1 aliphatic heterocycles. The van der Waals surface area contributed by atoms with Crippen LogP contribution in [-0.2, 0) is 21.5 Å². The molecule has 1 saturated heterocycles. The van der Waals surface area contributed by atoms with Crippen LogP contribution in [0.3, 0.4) is 0 Å². The molecule has 0 atom stereocenters. The zero-order valence-electron chi connectivity index (χ0n) is 20.7. The highest BCUT2D eigenvalue weighted by atomic mass is 32.2. The van der Waals surface area contributed by atoms with E-state index in [-0.39, 0.29) is 40.1 Å². The third-order valence-electron chi connectivity index (χ3n) is 5.47. The van der Waals surface area contributed by atoms with E-state index < -0.39 is 26.2 Å². The molecule has 1 aliphatic rings. The quantitative estimate of drug-likeness (QED) is 0.141. The van der Waals surface area contributed by atoms with E-state index in [1.165, 1.54) is 79.9 Å². The number of rotatable bonds is 10. The Balaban J connectivity index is 1.54. The standard InChI is InChI=1S/C26H22N2O9S2/c1-3-36-23-14-18(6-13-22(23)37-39(33,34)21-11-9-20(35-2)10-12-21)15-24-25(29)27(26(30)38-24)16-17-4-7-19(8-5-17)28(31)32/h4-15H,3,16H2,1-2H3/b24-15-. The number of nitro groups is 1. The van der Waals surface area contributed by atoms with Crippen LogP contribution in [0.4, 0.5) is 10.5 Å². The van der Waals surface area contributed by atoms with E-state index in [9.17, 15) is 28.1 Å². The minimum absolute atomic E-state index is 0.0415. The fourth-order valence-electron chi connectivity index (χ4n) is 3.55. The molecule has 0 aliphatic carbocycles. The largest absolute Gasteiger partial charge is 0.497 e. The molecule has 1 fully saturated rings. The van der Waals surface area contributed by atoms with Crippen LogP contribution < -0.4 is 13.7 Å². The molecule has 0 bridgehead atoms. The Morgan fingerprint density at radius 2 is 1.69 bits per heavy atom. The number of non-ortho nitro benzene ring substituents is 1. The summed E-state index contributed by atoms with van der Waals surface area (Å²) < 4.78 is 41.5. The van der Waals surface area contributed by atoms with E-state index in [1.807, 2.05) is 0 Å². The van der Waals surface area contributed by atoms with Gasteiger partial charge in [-0.2, -0.15) is 8.42 Å². The van der Waals surface area contributed by atoms with Crippen molar-refractivity contribution in [1.29, 1.82) is 0 Å². The van der Waals surface area contributed by atoms with Crippen molar-refractivity contribution in [3.8, 4) is 17.2 Å². The lowest BCUT2D eigenvalue weighted by atomic mass is 10.1. The van der Waals surface area contributed by atoms with Crippen LogP contribution in [0.2, 0.25) is 0 Å². The smallest absolute Gasteiger partial charge is 0.339 e. The van der Waals surface area contributed by atoms with E-state index in [2.05, 4.69) is 0 Å². The Labute approximate surface area is 228 Å². The average molecular weight is 571 g/mol. The highest BCUT2D eigenvalue weighted by molar-refractivity contribution is 8.18. The minimum atomic E-state index is -4.17. The third-order valence-corrected chi connectivity index (χ3v) is 7.63. The van der Waals surface area contributed by atoms with E-state index in [1.54, 1.807) is 6.92 Å². The zero-order chi connectivity index (χ0) is 28.2. The van der Waals surface area contributed by atoms with Gasteiger partial charge in [-0.1, -0.05) is 18.2 Å².